The molecule has 2 heteroatoms. The normalized spacial score (nSPS) is 10.5. The van der Waals surface area contributed by atoms with E-state index in [0.29, 0.717) is 0 Å². The van der Waals surface area contributed by atoms with Crippen molar-refractivity contribution in [3.63, 3.8) is 0 Å². The molecule has 0 unspecified atom stereocenters. The van der Waals surface area contributed by atoms with Crippen LogP contribution in [-0.4, -0.2) is 0 Å². The van der Waals surface area contributed by atoms with Crippen molar-refractivity contribution in [2.75, 3.05) is 0 Å². The smallest absolute Gasteiger partial charge is 0.137 e. The van der Waals surface area contributed by atoms with E-state index >= 15 is 0 Å². The maximum atomic E-state index is 5.33. The second-order valence-electron chi connectivity index (χ2n) is 2.96. The van der Waals surface area contributed by atoms with Crippen LogP contribution in [0.4, 0.5) is 0 Å². The lowest BCUT2D eigenvalue weighted by Crippen LogP contribution is -1.70. The Morgan fingerprint density at radius 3 is 2.42 bits per heavy atom. The van der Waals surface area contributed by atoms with Crippen LogP contribution in [0.5, 0.6) is 0 Å². The summed E-state index contributed by atoms with van der Waals surface area (Å²) in [7, 11) is 0. The fraction of sp³-hybridized carbons (Fsp3) is 0.200. The van der Waals surface area contributed by atoms with Crippen LogP contribution in [0.25, 0.3) is 11.3 Å². The molecule has 0 saturated heterocycles. The van der Waals surface area contributed by atoms with Gasteiger partial charge in [-0.3, -0.25) is 0 Å². The third-order valence-electron chi connectivity index (χ3n) is 1.85. The second-order valence-corrected chi connectivity index (χ2v) is 2.96. The van der Waals surface area contributed by atoms with Gasteiger partial charge in [0, 0.05) is 0 Å². The molecule has 0 aliphatic carbocycles. The largest absolute Gasteiger partial charge is 0.472 e. The van der Waals surface area contributed by atoms with Gasteiger partial charge in [0.15, 0.2) is 0 Å². The van der Waals surface area contributed by atoms with Crippen molar-refractivity contribution in [3.05, 3.63) is 36.0 Å². The van der Waals surface area contributed by atoms with Crippen LogP contribution in [0.15, 0.2) is 33.7 Å². The molecule has 2 aromatic rings. The van der Waals surface area contributed by atoms with Crippen molar-refractivity contribution in [2.24, 2.45) is 0 Å². The Morgan fingerprint density at radius 2 is 1.92 bits per heavy atom. The van der Waals surface area contributed by atoms with Gasteiger partial charge in [0.1, 0.15) is 12.0 Å². The lowest BCUT2D eigenvalue weighted by Gasteiger charge is -1.89. The molecular weight excluding hydrogens is 152 g/mol. The Labute approximate surface area is 70.8 Å². The molecule has 0 fully saturated rings. The second kappa shape index (κ2) is 2.55. The number of hydrogen-bond donors (Lipinski definition) is 0. The van der Waals surface area contributed by atoms with Gasteiger partial charge in [-0.05, 0) is 31.0 Å². The molecule has 2 heterocycles. The van der Waals surface area contributed by atoms with Gasteiger partial charge in [0.2, 0.25) is 0 Å². The summed E-state index contributed by atoms with van der Waals surface area (Å²) in [6.07, 6.45) is 5.16. The summed E-state index contributed by atoms with van der Waals surface area (Å²) in [6.45, 7) is 4.00. The Morgan fingerprint density at radius 1 is 1.08 bits per heavy atom. The van der Waals surface area contributed by atoms with E-state index in [-0.39, 0.29) is 0 Å². The summed E-state index contributed by atoms with van der Waals surface area (Å²) in [5.74, 6) is 0.874. The quantitative estimate of drug-likeness (QED) is 0.643. The average Bonchev–Trinajstić information content (AvgIpc) is 2.58. The van der Waals surface area contributed by atoms with Crippen LogP contribution in [0.3, 0.4) is 0 Å². The highest BCUT2D eigenvalue weighted by molar-refractivity contribution is 5.60. The predicted octanol–water partition coefficient (Wildman–Crippen LogP) is 3.16. The molecule has 0 radical (unpaired) electrons. The molecule has 0 N–H and O–H groups in total. The minimum Gasteiger partial charge on any atom is -0.472 e. The number of furan rings is 2. The number of rotatable bonds is 1. The van der Waals surface area contributed by atoms with E-state index < -0.39 is 0 Å². The first-order valence-corrected chi connectivity index (χ1v) is 3.85. The Hall–Kier alpha value is -1.44. The van der Waals surface area contributed by atoms with Gasteiger partial charge < -0.3 is 8.83 Å². The number of aryl methyl sites for hydroxylation is 2. The van der Waals surface area contributed by atoms with E-state index in [4.69, 9.17) is 8.83 Å². The molecule has 0 aliphatic rings. The van der Waals surface area contributed by atoms with E-state index in [2.05, 4.69) is 0 Å². The zero-order valence-electron chi connectivity index (χ0n) is 7.13. The molecule has 2 nitrogen and oxygen atoms in total. The van der Waals surface area contributed by atoms with Gasteiger partial charge in [-0.2, -0.15) is 0 Å². The van der Waals surface area contributed by atoms with Crippen LogP contribution in [0.2, 0.25) is 0 Å². The zero-order valence-corrected chi connectivity index (χ0v) is 7.13. The van der Waals surface area contributed by atoms with Crippen LogP contribution in [0, 0.1) is 13.8 Å². The molecule has 2 aromatic heterocycles. The van der Waals surface area contributed by atoms with Gasteiger partial charge in [0.25, 0.3) is 0 Å². The van der Waals surface area contributed by atoms with E-state index in [1.807, 2.05) is 19.9 Å². The molecule has 2 rings (SSSR count). The molecule has 0 aromatic carbocycles. The SMILES string of the molecule is Cc1coc(-c2cocc2C)c1. The number of hydrogen-bond acceptors (Lipinski definition) is 2. The molecular formula is C10H10O2. The van der Waals surface area contributed by atoms with Gasteiger partial charge in [-0.25, -0.2) is 0 Å². The first kappa shape index (κ1) is 7.22. The maximum Gasteiger partial charge on any atom is 0.137 e. The molecule has 0 spiro atoms. The highest BCUT2D eigenvalue weighted by Gasteiger charge is 2.06. The van der Waals surface area contributed by atoms with Crippen LogP contribution in [-0.2, 0) is 0 Å². The summed E-state index contributed by atoms with van der Waals surface area (Å²) >= 11 is 0. The third kappa shape index (κ3) is 1.05. The van der Waals surface area contributed by atoms with Gasteiger partial charge >= 0.3 is 0 Å². The Balaban J connectivity index is 2.50. The van der Waals surface area contributed by atoms with Gasteiger partial charge in [-0.1, -0.05) is 0 Å². The average molecular weight is 162 g/mol. The molecule has 62 valence electrons. The summed E-state index contributed by atoms with van der Waals surface area (Å²) in [4.78, 5) is 0. The minimum atomic E-state index is 0.874. The Kier molecular flexibility index (Phi) is 1.54. The maximum absolute atomic E-state index is 5.33. The van der Waals surface area contributed by atoms with E-state index in [1.165, 1.54) is 0 Å². The molecule has 0 saturated carbocycles. The van der Waals surface area contributed by atoms with Crippen molar-refractivity contribution in [2.45, 2.75) is 13.8 Å². The fourth-order valence-corrected chi connectivity index (χ4v) is 1.19. The molecule has 0 amide bonds. The first-order chi connectivity index (χ1) is 5.77. The highest BCUT2D eigenvalue weighted by atomic mass is 16.3. The minimum absolute atomic E-state index is 0.874. The summed E-state index contributed by atoms with van der Waals surface area (Å²) in [5.41, 5.74) is 3.26. The van der Waals surface area contributed by atoms with Crippen molar-refractivity contribution in [1.29, 1.82) is 0 Å². The molecule has 12 heavy (non-hydrogen) atoms. The van der Waals surface area contributed by atoms with Crippen molar-refractivity contribution in [3.8, 4) is 11.3 Å². The molecule has 0 atom stereocenters. The van der Waals surface area contributed by atoms with Crippen LogP contribution in [0.1, 0.15) is 11.1 Å². The Bertz CT molecular complexity index is 382. The summed E-state index contributed by atoms with van der Waals surface area (Å²) in [5, 5.41) is 0. The van der Waals surface area contributed by atoms with E-state index in [9.17, 15) is 0 Å². The zero-order chi connectivity index (χ0) is 8.55. The standard InChI is InChI=1S/C10H10O2/c1-7-3-10(12-4-7)9-6-11-5-8(9)2/h3-6H,1-2H3. The third-order valence-corrected chi connectivity index (χ3v) is 1.85. The monoisotopic (exact) mass is 162 g/mol. The van der Waals surface area contributed by atoms with Crippen molar-refractivity contribution < 1.29 is 8.83 Å². The summed E-state index contributed by atoms with van der Waals surface area (Å²) in [6, 6.07) is 2.00. The topological polar surface area (TPSA) is 26.3 Å². The molecule has 0 aliphatic heterocycles. The summed E-state index contributed by atoms with van der Waals surface area (Å²) < 4.78 is 10.4. The van der Waals surface area contributed by atoms with Crippen molar-refractivity contribution >= 4 is 0 Å². The highest BCUT2D eigenvalue weighted by Crippen LogP contribution is 2.25. The van der Waals surface area contributed by atoms with Gasteiger partial charge in [-0.15, -0.1) is 0 Å². The van der Waals surface area contributed by atoms with Crippen molar-refractivity contribution in [1.82, 2.24) is 0 Å². The lowest BCUT2D eigenvalue weighted by molar-refractivity contribution is 0.559. The van der Waals surface area contributed by atoms with Gasteiger partial charge in [0.05, 0.1) is 18.1 Å². The molecule has 0 bridgehead atoms. The van der Waals surface area contributed by atoms with Crippen LogP contribution < -0.4 is 0 Å². The van der Waals surface area contributed by atoms with Crippen LogP contribution >= 0.6 is 0 Å². The predicted molar refractivity (Wildman–Crippen MR) is 45.9 cm³/mol. The first-order valence-electron chi connectivity index (χ1n) is 3.85. The van der Waals surface area contributed by atoms with E-state index in [0.717, 1.165) is 22.5 Å². The van der Waals surface area contributed by atoms with E-state index in [1.54, 1.807) is 18.8 Å². The lowest BCUT2D eigenvalue weighted by atomic mass is 10.1. The fourth-order valence-electron chi connectivity index (χ4n) is 1.19.